The van der Waals surface area contributed by atoms with Crippen LogP contribution in [-0.4, -0.2) is 9.55 Å². The normalized spacial score (nSPS) is 10.5. The molecule has 2 rings (SSSR count). The van der Waals surface area contributed by atoms with E-state index in [0.717, 1.165) is 15.7 Å². The number of aromatic nitrogens is 2. The lowest BCUT2D eigenvalue weighted by Crippen LogP contribution is -2.33. The van der Waals surface area contributed by atoms with Gasteiger partial charge in [-0.05, 0) is 25.0 Å². The Balaban J connectivity index is 2.88. The van der Waals surface area contributed by atoms with Crippen LogP contribution in [0.5, 0.6) is 0 Å². The van der Waals surface area contributed by atoms with Crippen LogP contribution in [0.3, 0.4) is 0 Å². The Labute approximate surface area is 102 Å². The predicted octanol–water partition coefficient (Wildman–Crippen LogP) is 1.80. The van der Waals surface area contributed by atoms with Crippen LogP contribution in [0.2, 0.25) is 5.15 Å². The van der Waals surface area contributed by atoms with Gasteiger partial charge in [0.05, 0.1) is 5.69 Å². The zero-order valence-electron chi connectivity index (χ0n) is 9.45. The molecule has 2 aromatic rings. The highest BCUT2D eigenvalue weighted by atomic mass is 35.5. The van der Waals surface area contributed by atoms with E-state index in [-0.39, 0.29) is 5.15 Å². The van der Waals surface area contributed by atoms with Crippen LogP contribution >= 0.6 is 11.6 Å². The molecule has 1 aromatic heterocycles. The second kappa shape index (κ2) is 4.22. The van der Waals surface area contributed by atoms with Gasteiger partial charge in [-0.25, -0.2) is 9.36 Å². The van der Waals surface area contributed by atoms with Gasteiger partial charge in [-0.15, -0.1) is 0 Å². The second-order valence-corrected chi connectivity index (χ2v) is 4.24. The first-order chi connectivity index (χ1) is 8.00. The van der Waals surface area contributed by atoms with E-state index in [4.69, 9.17) is 11.6 Å². The first kappa shape index (κ1) is 11.7. The Morgan fingerprint density at radius 2 is 1.76 bits per heavy atom. The maximum Gasteiger partial charge on any atom is 0.334 e. The number of hydrogen-bond acceptors (Lipinski definition) is 2. The van der Waals surface area contributed by atoms with Crippen molar-refractivity contribution in [1.29, 1.82) is 0 Å². The molecule has 88 valence electrons. The first-order valence-electron chi connectivity index (χ1n) is 5.09. The third-order valence-electron chi connectivity index (χ3n) is 2.56. The van der Waals surface area contributed by atoms with Crippen LogP contribution in [0.25, 0.3) is 5.69 Å². The second-order valence-electron chi connectivity index (χ2n) is 3.84. The lowest BCUT2D eigenvalue weighted by Gasteiger charge is -2.10. The quantitative estimate of drug-likeness (QED) is 0.785. The number of aryl methyl sites for hydroxylation is 2. The van der Waals surface area contributed by atoms with E-state index in [9.17, 15) is 9.59 Å². The summed E-state index contributed by atoms with van der Waals surface area (Å²) in [5.41, 5.74) is 1.37. The highest BCUT2D eigenvalue weighted by Crippen LogP contribution is 2.15. The van der Waals surface area contributed by atoms with Gasteiger partial charge in [-0.2, -0.15) is 0 Å². The summed E-state index contributed by atoms with van der Waals surface area (Å²) >= 11 is 5.62. The molecule has 5 heteroatoms. The molecule has 4 nitrogen and oxygen atoms in total. The average Bonchev–Trinajstić information content (AvgIpc) is 2.21. The molecular weight excluding hydrogens is 240 g/mol. The summed E-state index contributed by atoms with van der Waals surface area (Å²) in [6.07, 6.45) is 0. The standard InChI is InChI=1S/C12H11ClN2O2/c1-7-4-3-5-8(2)11(7)15-10(16)6-9(13)14-12(15)17/h3-6H,1-2H3,(H,14,17). The zero-order valence-corrected chi connectivity index (χ0v) is 10.2. The van der Waals surface area contributed by atoms with Crippen LogP contribution in [0.4, 0.5) is 0 Å². The SMILES string of the molecule is Cc1cccc(C)c1-n1c(=O)cc(Cl)[nH]c1=O. The third-order valence-corrected chi connectivity index (χ3v) is 2.77. The minimum Gasteiger partial charge on any atom is -0.297 e. The van der Waals surface area contributed by atoms with Gasteiger partial charge in [0, 0.05) is 6.07 Å². The van der Waals surface area contributed by atoms with E-state index in [1.807, 2.05) is 32.0 Å². The van der Waals surface area contributed by atoms with Gasteiger partial charge in [0.15, 0.2) is 0 Å². The molecule has 0 saturated heterocycles. The predicted molar refractivity (Wildman–Crippen MR) is 67.1 cm³/mol. The van der Waals surface area contributed by atoms with Crippen molar-refractivity contribution in [3.05, 3.63) is 61.4 Å². The molecule has 1 N–H and O–H groups in total. The topological polar surface area (TPSA) is 54.9 Å². The number of nitrogens with one attached hydrogen (secondary N) is 1. The fourth-order valence-electron chi connectivity index (χ4n) is 1.84. The van der Waals surface area contributed by atoms with E-state index in [1.54, 1.807) is 0 Å². The molecule has 0 radical (unpaired) electrons. The zero-order chi connectivity index (χ0) is 12.6. The smallest absolute Gasteiger partial charge is 0.297 e. The van der Waals surface area contributed by atoms with E-state index in [0.29, 0.717) is 5.69 Å². The lowest BCUT2D eigenvalue weighted by molar-refractivity contribution is 0.862. The van der Waals surface area contributed by atoms with Crippen molar-refractivity contribution in [3.8, 4) is 5.69 Å². The molecule has 17 heavy (non-hydrogen) atoms. The molecule has 0 fully saturated rings. The Kier molecular flexibility index (Phi) is 2.90. The van der Waals surface area contributed by atoms with Gasteiger partial charge in [0.2, 0.25) is 0 Å². The van der Waals surface area contributed by atoms with Crippen molar-refractivity contribution < 1.29 is 0 Å². The van der Waals surface area contributed by atoms with E-state index >= 15 is 0 Å². The van der Waals surface area contributed by atoms with Crippen molar-refractivity contribution in [3.63, 3.8) is 0 Å². The van der Waals surface area contributed by atoms with Crippen molar-refractivity contribution in [2.45, 2.75) is 13.8 Å². The molecule has 0 bridgehead atoms. The minimum atomic E-state index is -0.528. The van der Waals surface area contributed by atoms with E-state index < -0.39 is 11.2 Å². The third kappa shape index (κ3) is 2.03. The van der Waals surface area contributed by atoms with Crippen LogP contribution < -0.4 is 11.2 Å². The Hall–Kier alpha value is -1.81. The molecule has 0 aliphatic carbocycles. The maximum absolute atomic E-state index is 11.8. The monoisotopic (exact) mass is 250 g/mol. The number of para-hydroxylation sites is 1. The molecule has 0 saturated carbocycles. The Morgan fingerprint density at radius 1 is 1.18 bits per heavy atom. The van der Waals surface area contributed by atoms with Crippen LogP contribution in [-0.2, 0) is 0 Å². The Morgan fingerprint density at radius 3 is 2.29 bits per heavy atom. The van der Waals surface area contributed by atoms with Crippen molar-refractivity contribution in [2.24, 2.45) is 0 Å². The molecule has 1 heterocycles. The summed E-state index contributed by atoms with van der Waals surface area (Å²) in [7, 11) is 0. The number of H-pyrrole nitrogens is 1. The van der Waals surface area contributed by atoms with Gasteiger partial charge >= 0.3 is 5.69 Å². The number of nitrogens with zero attached hydrogens (tertiary/aromatic N) is 1. The molecule has 0 atom stereocenters. The highest BCUT2D eigenvalue weighted by Gasteiger charge is 2.10. The van der Waals surface area contributed by atoms with Crippen molar-refractivity contribution >= 4 is 11.6 Å². The number of rotatable bonds is 1. The van der Waals surface area contributed by atoms with Gasteiger partial charge in [0.1, 0.15) is 5.15 Å². The summed E-state index contributed by atoms with van der Waals surface area (Å²) < 4.78 is 1.09. The lowest BCUT2D eigenvalue weighted by atomic mass is 10.1. The summed E-state index contributed by atoms with van der Waals surface area (Å²) in [5.74, 6) is 0. The van der Waals surface area contributed by atoms with Crippen LogP contribution in [0.1, 0.15) is 11.1 Å². The average molecular weight is 251 g/mol. The molecule has 1 aromatic carbocycles. The van der Waals surface area contributed by atoms with Crippen molar-refractivity contribution in [2.75, 3.05) is 0 Å². The number of aromatic amines is 1. The summed E-state index contributed by atoms with van der Waals surface area (Å²) in [6, 6.07) is 6.77. The van der Waals surface area contributed by atoms with Crippen LogP contribution in [0, 0.1) is 13.8 Å². The largest absolute Gasteiger partial charge is 0.334 e. The van der Waals surface area contributed by atoms with Gasteiger partial charge in [-0.1, -0.05) is 29.8 Å². The molecule has 0 aliphatic rings. The van der Waals surface area contributed by atoms with Crippen molar-refractivity contribution in [1.82, 2.24) is 9.55 Å². The molecular formula is C12H11ClN2O2. The van der Waals surface area contributed by atoms with Gasteiger partial charge in [0.25, 0.3) is 5.56 Å². The van der Waals surface area contributed by atoms with Crippen LogP contribution in [0.15, 0.2) is 33.9 Å². The maximum atomic E-state index is 11.8. The number of benzene rings is 1. The molecule has 0 amide bonds. The van der Waals surface area contributed by atoms with Gasteiger partial charge < -0.3 is 0 Å². The Bertz CT molecular complexity index is 634. The van der Waals surface area contributed by atoms with E-state index in [2.05, 4.69) is 4.98 Å². The van der Waals surface area contributed by atoms with E-state index in [1.165, 1.54) is 6.07 Å². The fourth-order valence-corrected chi connectivity index (χ4v) is 2.01. The first-order valence-corrected chi connectivity index (χ1v) is 5.47. The highest BCUT2D eigenvalue weighted by molar-refractivity contribution is 6.29. The summed E-state index contributed by atoms with van der Waals surface area (Å²) in [5, 5.41) is 0.0440. The molecule has 0 aliphatic heterocycles. The summed E-state index contributed by atoms with van der Waals surface area (Å²) in [4.78, 5) is 26.0. The van der Waals surface area contributed by atoms with Gasteiger partial charge in [-0.3, -0.25) is 9.78 Å². The number of hydrogen-bond donors (Lipinski definition) is 1. The molecule has 0 spiro atoms. The fraction of sp³-hybridized carbons (Fsp3) is 0.167. The minimum absolute atomic E-state index is 0.0440. The number of halogens is 1. The molecule has 0 unspecified atom stereocenters. The summed E-state index contributed by atoms with van der Waals surface area (Å²) in [6.45, 7) is 3.70.